The van der Waals surface area contributed by atoms with Crippen LogP contribution in [-0.2, 0) is 4.79 Å². The summed E-state index contributed by atoms with van der Waals surface area (Å²) < 4.78 is 0. The third kappa shape index (κ3) is 2.07. The zero-order valence-corrected chi connectivity index (χ0v) is 11.8. The Morgan fingerprint density at radius 1 is 1.39 bits per heavy atom. The van der Waals surface area contributed by atoms with E-state index < -0.39 is 0 Å². The maximum absolute atomic E-state index is 12.3. The average molecular weight is 269 g/mol. The largest absolute Gasteiger partial charge is 0.396 e. The fraction of sp³-hybridized carbons (Fsp3) is 0.929. The highest BCUT2D eigenvalue weighted by molar-refractivity contribution is 7.98. The quantitative estimate of drug-likeness (QED) is 0.768. The summed E-state index contributed by atoms with van der Waals surface area (Å²) in [5.74, 6) is 4.63. The Balaban J connectivity index is 1.53. The fourth-order valence-electron chi connectivity index (χ4n) is 4.53. The van der Waals surface area contributed by atoms with Gasteiger partial charge < -0.3 is 10.4 Å². The van der Waals surface area contributed by atoms with Crippen LogP contribution in [0.25, 0.3) is 0 Å². The number of carbonyl (C=O) groups is 1. The number of aliphatic hydroxyl groups is 1. The van der Waals surface area contributed by atoms with Gasteiger partial charge in [0.25, 0.3) is 0 Å². The minimum Gasteiger partial charge on any atom is -0.396 e. The summed E-state index contributed by atoms with van der Waals surface area (Å²) in [6, 6.07) is 0.150. The SMILES string of the molecule is CSCC(CCO)NC(=O)C1C2C3CCC(C3)C12. The van der Waals surface area contributed by atoms with Crippen LogP contribution in [-0.4, -0.2) is 35.7 Å². The van der Waals surface area contributed by atoms with E-state index in [4.69, 9.17) is 5.11 Å². The third-order valence-corrected chi connectivity index (χ3v) is 5.97. The van der Waals surface area contributed by atoms with Crippen LogP contribution < -0.4 is 5.32 Å². The van der Waals surface area contributed by atoms with Crippen molar-refractivity contribution in [3.05, 3.63) is 0 Å². The standard InChI is InChI=1S/C14H23NO2S/c1-18-7-10(4-5-16)15-14(17)13-11-8-2-3-9(6-8)12(11)13/h8-13,16H,2-7H2,1H3,(H,15,17). The first-order valence-corrected chi connectivity index (χ1v) is 8.55. The lowest BCUT2D eigenvalue weighted by Crippen LogP contribution is -2.39. The maximum atomic E-state index is 12.3. The van der Waals surface area contributed by atoms with Gasteiger partial charge in [-0.1, -0.05) is 0 Å². The average Bonchev–Trinajstić information content (AvgIpc) is 2.80. The molecule has 0 aromatic carbocycles. The molecule has 3 nitrogen and oxygen atoms in total. The number of fused-ring (bicyclic) bond motifs is 5. The second-order valence-corrected chi connectivity index (χ2v) is 7.10. The number of amides is 1. The molecular weight excluding hydrogens is 246 g/mol. The highest BCUT2D eigenvalue weighted by Crippen LogP contribution is 2.69. The van der Waals surface area contributed by atoms with Crippen molar-refractivity contribution in [3.63, 3.8) is 0 Å². The van der Waals surface area contributed by atoms with Gasteiger partial charge in [-0.3, -0.25) is 4.79 Å². The molecular formula is C14H23NO2S. The van der Waals surface area contributed by atoms with E-state index in [1.165, 1.54) is 19.3 Å². The predicted molar refractivity (Wildman–Crippen MR) is 73.3 cm³/mol. The van der Waals surface area contributed by atoms with Gasteiger partial charge in [0, 0.05) is 24.3 Å². The van der Waals surface area contributed by atoms with Gasteiger partial charge in [0.05, 0.1) is 0 Å². The number of carbonyl (C=O) groups excluding carboxylic acids is 1. The van der Waals surface area contributed by atoms with E-state index in [0.717, 1.165) is 17.6 Å². The summed E-state index contributed by atoms with van der Waals surface area (Å²) in [6.45, 7) is 0.161. The normalized spacial score (nSPS) is 41.6. The Hall–Kier alpha value is -0.220. The Labute approximate surface area is 113 Å². The molecule has 0 spiro atoms. The lowest BCUT2D eigenvalue weighted by atomic mass is 10.0. The van der Waals surface area contributed by atoms with E-state index >= 15 is 0 Å². The van der Waals surface area contributed by atoms with E-state index in [9.17, 15) is 4.79 Å². The molecule has 18 heavy (non-hydrogen) atoms. The molecule has 0 aromatic rings. The molecule has 0 aliphatic heterocycles. The molecule has 2 bridgehead atoms. The number of thioether (sulfide) groups is 1. The third-order valence-electron chi connectivity index (χ3n) is 5.23. The number of hydrogen-bond acceptors (Lipinski definition) is 3. The summed E-state index contributed by atoms with van der Waals surface area (Å²) in [7, 11) is 0. The van der Waals surface area contributed by atoms with Crippen LogP contribution in [0, 0.1) is 29.6 Å². The first-order chi connectivity index (χ1) is 8.76. The van der Waals surface area contributed by atoms with Gasteiger partial charge >= 0.3 is 0 Å². The number of aliphatic hydroxyl groups excluding tert-OH is 1. The maximum Gasteiger partial charge on any atom is 0.223 e. The summed E-state index contributed by atoms with van der Waals surface area (Å²) in [4.78, 5) is 12.3. The van der Waals surface area contributed by atoms with Crippen molar-refractivity contribution >= 4 is 17.7 Å². The molecule has 102 valence electrons. The molecule has 0 heterocycles. The monoisotopic (exact) mass is 269 g/mol. The molecule has 4 heteroatoms. The molecule has 3 fully saturated rings. The van der Waals surface area contributed by atoms with Crippen molar-refractivity contribution < 1.29 is 9.90 Å². The predicted octanol–water partition coefficient (Wildman–Crippen LogP) is 1.51. The Morgan fingerprint density at radius 2 is 2.06 bits per heavy atom. The van der Waals surface area contributed by atoms with Gasteiger partial charge in [-0.05, 0) is 55.6 Å². The Bertz CT molecular complexity index is 314. The van der Waals surface area contributed by atoms with Crippen molar-refractivity contribution in [2.24, 2.45) is 29.6 Å². The van der Waals surface area contributed by atoms with Gasteiger partial charge in [-0.25, -0.2) is 0 Å². The molecule has 2 N–H and O–H groups in total. The van der Waals surface area contributed by atoms with Crippen molar-refractivity contribution in [2.75, 3.05) is 18.6 Å². The molecule has 5 atom stereocenters. The zero-order chi connectivity index (χ0) is 12.7. The lowest BCUT2D eigenvalue weighted by molar-refractivity contribution is -0.123. The van der Waals surface area contributed by atoms with Crippen LogP contribution in [0.3, 0.4) is 0 Å². The second kappa shape index (κ2) is 5.04. The molecule has 5 unspecified atom stereocenters. The van der Waals surface area contributed by atoms with Gasteiger partial charge in [-0.15, -0.1) is 0 Å². The molecule has 1 amide bonds. The molecule has 3 saturated carbocycles. The van der Waals surface area contributed by atoms with Crippen LogP contribution >= 0.6 is 11.8 Å². The lowest BCUT2D eigenvalue weighted by Gasteiger charge is -2.18. The molecule has 3 rings (SSSR count). The highest BCUT2D eigenvalue weighted by Gasteiger charge is 2.67. The van der Waals surface area contributed by atoms with Crippen LogP contribution in [0.1, 0.15) is 25.7 Å². The first-order valence-electron chi connectivity index (χ1n) is 7.16. The molecule has 3 aliphatic rings. The summed E-state index contributed by atoms with van der Waals surface area (Å²) in [6.07, 6.45) is 6.84. The first kappa shape index (κ1) is 12.8. The molecule has 0 saturated heterocycles. The van der Waals surface area contributed by atoms with Crippen LogP contribution in [0.5, 0.6) is 0 Å². The number of hydrogen-bond donors (Lipinski definition) is 2. The molecule has 0 radical (unpaired) electrons. The highest BCUT2D eigenvalue weighted by atomic mass is 32.2. The topological polar surface area (TPSA) is 49.3 Å². The number of nitrogens with one attached hydrogen (secondary N) is 1. The minimum absolute atomic E-state index is 0.150. The van der Waals surface area contributed by atoms with E-state index in [-0.39, 0.29) is 18.6 Å². The van der Waals surface area contributed by atoms with Gasteiger partial charge in [0.2, 0.25) is 5.91 Å². The van der Waals surface area contributed by atoms with Crippen molar-refractivity contribution in [2.45, 2.75) is 31.7 Å². The second-order valence-electron chi connectivity index (χ2n) is 6.19. The molecule has 0 aromatic heterocycles. The van der Waals surface area contributed by atoms with E-state index in [1.54, 1.807) is 11.8 Å². The van der Waals surface area contributed by atoms with Gasteiger partial charge in [0.1, 0.15) is 0 Å². The van der Waals surface area contributed by atoms with Gasteiger partial charge in [-0.2, -0.15) is 11.8 Å². The summed E-state index contributed by atoms with van der Waals surface area (Å²) >= 11 is 1.73. The molecule has 3 aliphatic carbocycles. The van der Waals surface area contributed by atoms with Crippen LogP contribution in [0.2, 0.25) is 0 Å². The van der Waals surface area contributed by atoms with Crippen LogP contribution in [0.15, 0.2) is 0 Å². The smallest absolute Gasteiger partial charge is 0.223 e. The van der Waals surface area contributed by atoms with Crippen molar-refractivity contribution in [3.8, 4) is 0 Å². The van der Waals surface area contributed by atoms with E-state index in [0.29, 0.717) is 24.2 Å². The minimum atomic E-state index is 0.150. The Kier molecular flexibility index (Phi) is 3.59. The van der Waals surface area contributed by atoms with E-state index in [2.05, 4.69) is 5.32 Å². The van der Waals surface area contributed by atoms with Crippen molar-refractivity contribution in [1.29, 1.82) is 0 Å². The summed E-state index contributed by atoms with van der Waals surface area (Å²) in [5, 5.41) is 12.2. The van der Waals surface area contributed by atoms with Crippen molar-refractivity contribution in [1.82, 2.24) is 5.32 Å². The van der Waals surface area contributed by atoms with E-state index in [1.807, 2.05) is 6.26 Å². The van der Waals surface area contributed by atoms with Crippen LogP contribution in [0.4, 0.5) is 0 Å². The Morgan fingerprint density at radius 3 is 2.61 bits per heavy atom. The number of rotatable bonds is 6. The summed E-state index contributed by atoms with van der Waals surface area (Å²) in [5.41, 5.74) is 0. The zero-order valence-electron chi connectivity index (χ0n) is 11.0. The fourth-order valence-corrected chi connectivity index (χ4v) is 5.18. The van der Waals surface area contributed by atoms with Gasteiger partial charge in [0.15, 0.2) is 0 Å².